The Balaban J connectivity index is 0.000000378. The highest BCUT2D eigenvalue weighted by Gasteiger charge is 2.28. The molecule has 2 unspecified atom stereocenters. The lowest BCUT2D eigenvalue weighted by Gasteiger charge is -2.10. The van der Waals surface area contributed by atoms with Gasteiger partial charge in [-0.15, -0.1) is 4.57 Å². The molecule has 3 aromatic heterocycles. The van der Waals surface area contributed by atoms with Gasteiger partial charge in [-0.3, -0.25) is 9.69 Å². The number of ether oxygens (including phenoxy) is 4. The predicted molar refractivity (Wildman–Crippen MR) is 443 cm³/mol. The van der Waals surface area contributed by atoms with Gasteiger partial charge in [0.2, 0.25) is 17.1 Å². The Kier molecular flexibility index (Phi) is 38.8. The van der Waals surface area contributed by atoms with Gasteiger partial charge in [0, 0.05) is 59.7 Å². The number of aromatic nitrogens is 3. The molecule has 0 aliphatic heterocycles. The van der Waals surface area contributed by atoms with Crippen LogP contribution in [0.5, 0.6) is 11.9 Å². The number of rotatable bonds is 26. The number of esters is 4. The van der Waals surface area contributed by atoms with Gasteiger partial charge >= 0.3 is 36.0 Å². The Morgan fingerprint density at radius 2 is 0.795 bits per heavy atom. The van der Waals surface area contributed by atoms with E-state index in [0.717, 1.165) is 0 Å². The summed E-state index contributed by atoms with van der Waals surface area (Å²) in [6.07, 6.45) is 23.5. The molecule has 0 saturated carbocycles. The van der Waals surface area contributed by atoms with E-state index in [-0.39, 0.29) is 101 Å². The molecule has 2 N–H and O–H groups in total. The van der Waals surface area contributed by atoms with Gasteiger partial charge in [-0.25, -0.2) is 57.5 Å². The molecule has 0 saturated heterocycles. The van der Waals surface area contributed by atoms with Gasteiger partial charge in [0.15, 0.2) is 24.5 Å². The third-order valence-corrected chi connectivity index (χ3v) is 17.3. The van der Waals surface area contributed by atoms with Crippen molar-refractivity contribution < 1.29 is 76.2 Å². The highest BCUT2D eigenvalue weighted by Crippen LogP contribution is 2.33. The van der Waals surface area contributed by atoms with Crippen LogP contribution in [0.1, 0.15) is 108 Å². The number of carbonyl (C=O) groups is 4. The van der Waals surface area contributed by atoms with Crippen LogP contribution in [0, 0.1) is 117 Å². The van der Waals surface area contributed by atoms with Gasteiger partial charge in [0.05, 0.1) is 153 Å². The summed E-state index contributed by atoms with van der Waals surface area (Å²) >= 11 is 0. The van der Waals surface area contributed by atoms with Crippen LogP contribution in [0.4, 0.5) is 0 Å². The molecule has 2 atom stereocenters. The summed E-state index contributed by atoms with van der Waals surface area (Å²) in [5.74, 6) is -3.63. The fourth-order valence-electron chi connectivity index (χ4n) is 11.1. The smallest absolute Gasteiger partial charge is 0.337 e. The predicted octanol–water partition coefficient (Wildman–Crippen LogP) is 12.7. The molecular weight excluding hydrogens is 1550 g/mol. The van der Waals surface area contributed by atoms with E-state index in [1.54, 1.807) is 48.3 Å². The van der Waals surface area contributed by atoms with Gasteiger partial charge in [0.1, 0.15) is 18.9 Å². The molecule has 0 fully saturated rings. The first-order valence-corrected chi connectivity index (χ1v) is 36.3. The van der Waals surface area contributed by atoms with Crippen LogP contribution in [0.2, 0.25) is 0 Å². The number of allylic oxidation sites excluding steroid dienone is 18. The van der Waals surface area contributed by atoms with Crippen LogP contribution in [0.15, 0.2) is 261 Å². The number of oxazole rings is 2. The fourth-order valence-corrected chi connectivity index (χ4v) is 11.1. The molecule has 0 bridgehead atoms. The number of hydrogen-bond acceptors (Lipinski definition) is 20. The maximum Gasteiger partial charge on any atom is 0.337 e. The van der Waals surface area contributed by atoms with E-state index in [0.29, 0.717) is 27.9 Å². The third-order valence-electron chi connectivity index (χ3n) is 17.3. The first-order valence-electron chi connectivity index (χ1n) is 36.3. The highest BCUT2D eigenvalue weighted by molar-refractivity contribution is 5.95. The van der Waals surface area contributed by atoms with Crippen molar-refractivity contribution in [1.82, 2.24) is 0 Å². The van der Waals surface area contributed by atoms with Crippen LogP contribution in [-0.2, 0) is 26.0 Å². The first kappa shape index (κ1) is 94.5. The Morgan fingerprint density at radius 3 is 1.10 bits per heavy atom. The lowest BCUT2D eigenvalue weighted by molar-refractivity contribution is -0.894. The molecule has 0 radical (unpaired) electrons. The molecule has 28 heteroatoms. The van der Waals surface area contributed by atoms with Gasteiger partial charge in [-0.1, -0.05) is 109 Å². The largest absolute Gasteiger partial charge is 0.540 e. The van der Waals surface area contributed by atoms with Crippen molar-refractivity contribution in [2.75, 3.05) is 48.1 Å². The van der Waals surface area contributed by atoms with Gasteiger partial charge in [0.25, 0.3) is 23.2 Å². The number of para-hydroxylation sites is 1. The molecule has 122 heavy (non-hydrogen) atoms. The lowest BCUT2D eigenvalue weighted by Crippen LogP contribution is -3.11. The summed E-state index contributed by atoms with van der Waals surface area (Å²) in [5, 5.41) is 104. The van der Waals surface area contributed by atoms with Crippen molar-refractivity contribution in [2.24, 2.45) is 7.05 Å². The molecule has 8 aromatic rings. The van der Waals surface area contributed by atoms with Crippen LogP contribution >= 0.6 is 0 Å². The molecule has 8 rings (SSSR count). The van der Waals surface area contributed by atoms with Crippen molar-refractivity contribution in [3.8, 4) is 66.1 Å². The number of nitrogens with one attached hydrogen (secondary N) is 2. The fraction of sp³-hybridized carbons (Fsp3) is 0.138. The monoisotopic (exact) mass is 1620 g/mol. The van der Waals surface area contributed by atoms with Crippen molar-refractivity contribution in [1.29, 1.82) is 42.1 Å². The second-order valence-corrected chi connectivity index (χ2v) is 24.3. The maximum atomic E-state index is 13.2. The molecular formula is C94H74N16O12+2. The molecule has 0 amide bonds. The second kappa shape index (κ2) is 50.2. The number of nitriles is 8. The summed E-state index contributed by atoms with van der Waals surface area (Å²) in [6.45, 7) is 40.5. The average molecular weight is 1620 g/mol. The molecule has 0 aliphatic rings. The zero-order valence-electron chi connectivity index (χ0n) is 67.0. The van der Waals surface area contributed by atoms with Crippen molar-refractivity contribution in [3.05, 3.63) is 366 Å². The zero-order valence-corrected chi connectivity index (χ0v) is 67.0. The number of carbonyl (C=O) groups excluding carboxylic acids is 4. The van der Waals surface area contributed by atoms with Crippen LogP contribution in [0.25, 0.3) is 71.7 Å². The number of quaternary nitrogens is 1. The quantitative estimate of drug-likeness (QED) is 0.0131. The minimum Gasteiger partial charge on any atom is -0.540 e. The van der Waals surface area contributed by atoms with E-state index in [2.05, 4.69) is 45.1 Å². The van der Waals surface area contributed by atoms with Gasteiger partial charge < -0.3 is 42.9 Å². The van der Waals surface area contributed by atoms with Crippen molar-refractivity contribution in [2.45, 2.75) is 32.9 Å². The number of H-pyrrole nitrogens is 1. The summed E-state index contributed by atoms with van der Waals surface area (Å²) in [6, 6.07) is 50.8. The maximum absolute atomic E-state index is 13.2. The van der Waals surface area contributed by atoms with E-state index in [1.807, 2.05) is 73.1 Å². The summed E-state index contributed by atoms with van der Waals surface area (Å²) in [4.78, 5) is 65.3. The SMILES string of the molecule is CC[NH+](CC)CC.[C-]#[N+]/C(C#N)=C(/C(C#N)=C/C=C/c1oc([O-])c(/C=C/C=C/C(C#N)=C(/c2ccc(C(=O)OC)cc2)C(C#N)[N+]#[C-])[n+]1-c1ccccc1)c1ccc(C(=O)OC)cc1.[C-]#[N+]/C(C#N)=C(/C(C#N)=C/C=C/c1oc([O-])c(/C=C/C=C/C(C#N)=C(/c2ccc(C(=O)OC)cc2)C(C#N)[N+]#[C-])[n+]1C)c1ccc(C(=O)OC)cc1.c1cc[nH+]cc1. The molecule has 0 aliphatic carbocycles. The second-order valence-electron chi connectivity index (χ2n) is 24.3. The Labute approximate surface area is 705 Å². The molecule has 5 aromatic carbocycles. The van der Waals surface area contributed by atoms with Crippen molar-refractivity contribution >= 4 is 70.5 Å². The minimum absolute atomic E-state index is 0.00578. The molecule has 600 valence electrons. The van der Waals surface area contributed by atoms with Gasteiger partial charge in [-0.05, 0) is 116 Å². The zero-order chi connectivity index (χ0) is 89.5. The lowest BCUT2D eigenvalue weighted by atomic mass is 9.93. The molecule has 3 heterocycles. The number of aromatic amines is 1. The highest BCUT2D eigenvalue weighted by atomic mass is 16.5. The third kappa shape index (κ3) is 25.9. The summed E-state index contributed by atoms with van der Waals surface area (Å²) in [5.41, 5.74) is 2.55. The Morgan fingerprint density at radius 1 is 0.451 bits per heavy atom. The first-order chi connectivity index (χ1) is 59.1. The normalized spacial score (nSPS) is 12.2. The van der Waals surface area contributed by atoms with Gasteiger partial charge in [-0.2, -0.15) is 36.1 Å². The standard InChI is InChI=1S/C44H27N7O6.C39H25N7O6.C6H15N.C5H5N/c1-49-36(27-47)40(29-17-21-31(22-18-29)42(52)55-3)33(25-45)11-8-9-15-38-44(54)57-39(51(38)35-13-6-5-7-14-35)16-10-12-34(26-46)41(37(28-48)50-2)30-19-23-32(24-20-30)43(53)56-4;1-44-31(23-42)35(25-13-17-27(18-14-25)37(47)50-4)29(21-40)9-6-7-11-33-39(49)52-34(46(33)3)12-8-10-30(22-41)36(32(24-43)45-2)26-15-19-28(20-16-26)38(48)51-5;1-4-7(5-2)6-3;1-2-4-6-5-3-1/h5-24,36H,3-4H3;6-20,31H,3-5H3;4-6H2,1-3H3;1-5H/p+2/b16-10+,34-12+,41-37+;12-8+,30-10+,36-32+;;. The molecule has 0 spiro atoms. The topological polar surface area (TPSA) is 412 Å². The number of nitrogens with zero attached hydrogens (tertiary/aromatic N) is 14. The summed E-state index contributed by atoms with van der Waals surface area (Å²) in [7, 11) is 6.48. The minimum atomic E-state index is -1.34. The number of methoxy groups -OCH3 is 4. The van der Waals surface area contributed by atoms with Crippen LogP contribution in [-0.4, -0.2) is 84.0 Å². The van der Waals surface area contributed by atoms with Crippen LogP contribution < -0.4 is 29.2 Å². The van der Waals surface area contributed by atoms with E-state index in [1.165, 1.54) is 239 Å². The number of benzene rings is 5. The Bertz CT molecular complexity index is 5990. The van der Waals surface area contributed by atoms with E-state index < -0.39 is 47.9 Å². The number of pyridine rings is 1. The van der Waals surface area contributed by atoms with Crippen molar-refractivity contribution in [3.63, 3.8) is 0 Å². The Hall–Kier alpha value is -18.1. The average Bonchev–Trinajstić information content (AvgIpc) is 1.70. The molecule has 28 nitrogen and oxygen atoms in total. The van der Waals surface area contributed by atoms with E-state index in [4.69, 9.17) is 54.1 Å². The van der Waals surface area contributed by atoms with Crippen LogP contribution in [0.3, 0.4) is 0 Å². The summed E-state index contributed by atoms with van der Waals surface area (Å²) < 4.78 is 32.7. The van der Waals surface area contributed by atoms with E-state index in [9.17, 15) is 71.5 Å². The number of hydrogen-bond donors (Lipinski definition) is 1. The van der Waals surface area contributed by atoms with E-state index >= 15 is 0 Å².